The van der Waals surface area contributed by atoms with Gasteiger partial charge in [0.15, 0.2) is 5.67 Å². The molecule has 4 aliphatic heterocycles. The van der Waals surface area contributed by atoms with E-state index >= 15 is 4.39 Å². The predicted molar refractivity (Wildman–Crippen MR) is 365 cm³/mol. The Morgan fingerprint density at radius 3 is 1.49 bits per heavy atom. The number of carbonyl (C=O) groups is 3. The van der Waals surface area contributed by atoms with E-state index in [1.807, 2.05) is 119 Å². The topological polar surface area (TPSA) is 145 Å². The van der Waals surface area contributed by atoms with Gasteiger partial charge in [-0.2, -0.15) is 13.2 Å². The maximum absolute atomic E-state index is 15.2. The van der Waals surface area contributed by atoms with E-state index in [0.717, 1.165) is 78.5 Å². The van der Waals surface area contributed by atoms with Crippen LogP contribution in [0.4, 0.5) is 65.4 Å². The molecular formula is C76H88F9N11O6. The molecule has 1 N–H and O–H groups in total. The number of urea groups is 3. The lowest BCUT2D eigenvalue weighted by Gasteiger charge is -2.61. The van der Waals surface area contributed by atoms with Crippen molar-refractivity contribution >= 4 is 29.6 Å². The van der Waals surface area contributed by atoms with E-state index in [9.17, 15) is 54.6 Å². The molecule has 3 spiro atoms. The molecule has 5 saturated carbocycles. The Balaban J connectivity index is 0.000000137. The number of benzene rings is 4. The largest absolute Gasteiger partial charge is 0.573 e. The first kappa shape index (κ1) is 72.3. The van der Waals surface area contributed by atoms with Crippen molar-refractivity contribution in [1.82, 2.24) is 44.3 Å². The van der Waals surface area contributed by atoms with Crippen molar-refractivity contribution in [3.05, 3.63) is 185 Å². The fourth-order valence-electron chi connectivity index (χ4n) is 16.9. The minimum Gasteiger partial charge on any atom is -0.404 e. The number of hydrogen-bond acceptors (Lipinski definition) is 11. The van der Waals surface area contributed by atoms with Crippen LogP contribution in [0, 0.1) is 23.5 Å². The van der Waals surface area contributed by atoms with Crippen LogP contribution in [0.5, 0.6) is 5.75 Å². The van der Waals surface area contributed by atoms with Crippen molar-refractivity contribution in [3.8, 4) is 5.75 Å². The summed E-state index contributed by atoms with van der Waals surface area (Å²) in [7, 11) is 12.0. The molecule has 2 aromatic heterocycles. The summed E-state index contributed by atoms with van der Waals surface area (Å²) in [5, 5.41) is 10.3. The van der Waals surface area contributed by atoms with Gasteiger partial charge in [0, 0.05) is 38.1 Å². The van der Waals surface area contributed by atoms with Crippen LogP contribution in [0.25, 0.3) is 0 Å². The van der Waals surface area contributed by atoms with Crippen molar-refractivity contribution in [1.29, 1.82) is 0 Å². The Bertz CT molecular complexity index is 4030. The van der Waals surface area contributed by atoms with E-state index < -0.39 is 46.8 Å². The van der Waals surface area contributed by atoms with E-state index in [-0.39, 0.29) is 90.1 Å². The molecule has 6 aromatic rings. The monoisotopic (exact) mass is 1420 g/mol. The molecule has 5 aliphatic carbocycles. The summed E-state index contributed by atoms with van der Waals surface area (Å²) in [5.41, 5.74) is -0.565. The third kappa shape index (κ3) is 13.8. The van der Waals surface area contributed by atoms with Crippen molar-refractivity contribution < 1.29 is 68.5 Å². The normalized spacial score (nSPS) is 27.5. The molecule has 9 aliphatic rings. The summed E-state index contributed by atoms with van der Waals surface area (Å²) < 4.78 is 128. The van der Waals surface area contributed by atoms with Crippen LogP contribution in [0.3, 0.4) is 0 Å². The van der Waals surface area contributed by atoms with Gasteiger partial charge >= 0.3 is 30.6 Å². The van der Waals surface area contributed by atoms with Crippen LogP contribution < -0.4 is 14.5 Å². The van der Waals surface area contributed by atoms with Gasteiger partial charge in [-0.15, -0.1) is 13.2 Å². The number of ether oxygens (including phenoxy) is 2. The van der Waals surface area contributed by atoms with Crippen LogP contribution in [-0.2, 0) is 39.7 Å². The highest BCUT2D eigenvalue weighted by molar-refractivity contribution is 5.96. The number of aliphatic hydroxyl groups is 1. The van der Waals surface area contributed by atoms with Gasteiger partial charge in [-0.25, -0.2) is 32.5 Å². The molecular weight excluding hydrogens is 1330 g/mol. The summed E-state index contributed by atoms with van der Waals surface area (Å²) in [5.74, 6) is 0.289. The molecule has 0 unspecified atom stereocenters. The average molecular weight is 1420 g/mol. The second-order valence-electron chi connectivity index (χ2n) is 31.2. The third-order valence-corrected chi connectivity index (χ3v) is 22.9. The second kappa shape index (κ2) is 26.3. The maximum atomic E-state index is 15.2. The molecule has 9 fully saturated rings. The number of rotatable bonds is 18. The Morgan fingerprint density at radius 1 is 0.559 bits per heavy atom. The van der Waals surface area contributed by atoms with Crippen molar-refractivity contribution in [2.75, 3.05) is 105 Å². The Labute approximate surface area is 588 Å². The molecule has 6 amide bonds. The Kier molecular flexibility index (Phi) is 18.6. The predicted octanol–water partition coefficient (Wildman–Crippen LogP) is 13.5. The van der Waals surface area contributed by atoms with Gasteiger partial charge in [0.1, 0.15) is 28.9 Å². The first-order valence-electron chi connectivity index (χ1n) is 34.7. The van der Waals surface area contributed by atoms with Gasteiger partial charge in [0.25, 0.3) is 0 Å². The van der Waals surface area contributed by atoms with Gasteiger partial charge in [-0.3, -0.25) is 29.5 Å². The zero-order valence-electron chi connectivity index (χ0n) is 58.7. The SMILES string of the molecule is CN(C)C1(c2cccc(F)c2)CC2(CN(Cc3ccc(C(F)(F)F)nc3)C(=O)N2CC2CC2)C1.CN(C)C1(c2cccc(F)c2)CC2(CN(c3ccc(C(C)(C)O)cc3)C(=O)N2CC2CC2)C1.CN(C)C1(c2ccccc2)CC2(CN(c3ccc(OC(F)(F)F)cn3)C(=O)N2CC2(F)COC2)C1. The van der Waals surface area contributed by atoms with E-state index in [2.05, 4.69) is 34.3 Å². The molecule has 546 valence electrons. The van der Waals surface area contributed by atoms with Gasteiger partial charge in [-0.05, 0) is 215 Å². The second-order valence-corrected chi connectivity index (χ2v) is 31.2. The zero-order valence-corrected chi connectivity index (χ0v) is 58.7. The molecule has 102 heavy (non-hydrogen) atoms. The van der Waals surface area contributed by atoms with Crippen LogP contribution in [0.2, 0.25) is 0 Å². The highest BCUT2D eigenvalue weighted by atomic mass is 19.4. The molecule has 15 rings (SSSR count). The molecule has 0 bridgehead atoms. The van der Waals surface area contributed by atoms with Crippen molar-refractivity contribution in [3.63, 3.8) is 0 Å². The molecule has 4 saturated heterocycles. The summed E-state index contributed by atoms with van der Waals surface area (Å²) >= 11 is 0. The molecule has 17 nitrogen and oxygen atoms in total. The van der Waals surface area contributed by atoms with Crippen molar-refractivity contribution in [2.45, 2.75) is 142 Å². The first-order valence-corrected chi connectivity index (χ1v) is 34.7. The molecule has 0 atom stereocenters. The fraction of sp³-hybridized carbons (Fsp3) is 0.513. The number of hydrogen-bond donors (Lipinski definition) is 1. The Hall–Kier alpha value is -8.04. The van der Waals surface area contributed by atoms with Gasteiger partial charge in [0.2, 0.25) is 0 Å². The minimum atomic E-state index is -4.84. The summed E-state index contributed by atoms with van der Waals surface area (Å²) in [6.45, 7) is 6.31. The molecule has 6 heterocycles. The number of aromatic nitrogens is 2. The lowest BCUT2D eigenvalue weighted by Crippen LogP contribution is -2.70. The molecule has 4 aromatic carbocycles. The van der Waals surface area contributed by atoms with E-state index in [0.29, 0.717) is 62.7 Å². The zero-order chi connectivity index (χ0) is 73.0. The number of anilines is 2. The van der Waals surface area contributed by atoms with Crippen LogP contribution in [0.1, 0.15) is 112 Å². The number of amides is 6. The minimum absolute atomic E-state index is 0.0597. The number of pyridine rings is 2. The standard InChI is InChI=1S/C27H34FN3O2.C25H28F4N4O.C24H26F4N4O3/c1-25(2,33)20-10-12-23(13-11-20)30-18-26(31(24(30)32)15-19-8-9-19)16-27(17-26,29(3)4)21-6-5-7-22(28)14-21;1-31(2)24(19-4-3-5-20(26)10-19)14-23(15-24)16-32(22(34)33(23)13-17-6-7-17)12-18-8-9-21(30-11-18)25(27,28)29;1-30(2)23(17-6-4-3-5-7-17)11-22(12-23)14-31(20(33)32(22)13-21(25)15-34-16-21)19-9-8-18(10-29-19)35-24(26,27)28/h5-7,10-14,19,33H,8-9,15-18H2,1-4H3;3-5,8-11,17H,6-7,12-16H2,1-2H3;3-10H,11-16H2,1-2H3. The highest BCUT2D eigenvalue weighted by Gasteiger charge is 2.69. The lowest BCUT2D eigenvalue weighted by molar-refractivity contribution is -0.274. The van der Waals surface area contributed by atoms with Crippen LogP contribution in [-0.4, -0.2) is 191 Å². The number of carbonyl (C=O) groups excluding carboxylic acids is 3. The number of nitrogens with zero attached hydrogens (tertiary/aromatic N) is 11. The van der Waals surface area contributed by atoms with Gasteiger partial charge in [0.05, 0.1) is 77.9 Å². The van der Waals surface area contributed by atoms with Crippen molar-refractivity contribution in [2.24, 2.45) is 11.8 Å². The van der Waals surface area contributed by atoms with Crippen LogP contribution in [0.15, 0.2) is 140 Å². The van der Waals surface area contributed by atoms with Gasteiger partial charge in [-0.1, -0.05) is 72.8 Å². The molecule has 0 radical (unpaired) electrons. The molecule has 26 heteroatoms. The fourth-order valence-corrected chi connectivity index (χ4v) is 16.9. The van der Waals surface area contributed by atoms with Gasteiger partial charge < -0.3 is 34.2 Å². The quantitative estimate of drug-likeness (QED) is 0.0821. The summed E-state index contributed by atoms with van der Waals surface area (Å²) in [6.07, 6.45) is 1.44. The van der Waals surface area contributed by atoms with E-state index in [1.54, 1.807) is 47.9 Å². The number of halogens is 9. The summed E-state index contributed by atoms with van der Waals surface area (Å²) in [6, 6.07) is 35.5. The van der Waals surface area contributed by atoms with E-state index in [4.69, 9.17) is 4.74 Å². The van der Waals surface area contributed by atoms with E-state index in [1.165, 1.54) is 48.2 Å². The highest BCUT2D eigenvalue weighted by Crippen LogP contribution is 2.61. The Morgan fingerprint density at radius 2 is 1.05 bits per heavy atom. The number of alkyl halides is 7. The average Bonchev–Trinajstić information content (AvgIpc) is 1.44. The van der Waals surface area contributed by atoms with Crippen LogP contribution >= 0.6 is 0 Å². The summed E-state index contributed by atoms with van der Waals surface area (Å²) in [4.78, 5) is 65.3. The maximum Gasteiger partial charge on any atom is 0.573 e. The smallest absolute Gasteiger partial charge is 0.404 e. The lowest BCUT2D eigenvalue weighted by atomic mass is 9.58. The third-order valence-electron chi connectivity index (χ3n) is 22.9. The first-order chi connectivity index (χ1) is 48.0.